The first kappa shape index (κ1) is 28.1. The minimum absolute atomic E-state index is 0.0243. The Bertz CT molecular complexity index is 1140. The number of hydrogen-bond acceptors (Lipinski definition) is 7. The Kier molecular flexibility index (Phi) is 10.1. The lowest BCUT2D eigenvalue weighted by atomic mass is 9.87. The number of aliphatic hydroxyl groups is 1. The number of fused-ring (bicyclic) bond motifs is 1. The molecule has 1 aliphatic carbocycles. The third kappa shape index (κ3) is 7.95. The highest BCUT2D eigenvalue weighted by atomic mass is 19.1. The maximum Gasteiger partial charge on any atom is 0.240 e. The standard InChI is InChI=1S/C15H16FN7.C7H14O.C3H7F/c1-7(2)19-10-4-5-11(20-8(10)3)12-9(16)6-23-13(12)14(17)21-15(18)22-23;1-7(8)5-3-2-4-6-7;1-2-3-4/h4-6H,1-3H3,(H4,17,18,21,22);8H,2-6H2,1H3;2-3H2,1H3. The molecule has 5 N–H and O–H groups in total. The van der Waals surface area contributed by atoms with Gasteiger partial charge in [0.1, 0.15) is 5.52 Å². The van der Waals surface area contributed by atoms with Crippen molar-refractivity contribution in [3.8, 4) is 11.3 Å². The van der Waals surface area contributed by atoms with Gasteiger partial charge in [-0.05, 0) is 59.1 Å². The van der Waals surface area contributed by atoms with E-state index in [9.17, 15) is 13.9 Å². The first-order chi connectivity index (χ1) is 16.5. The van der Waals surface area contributed by atoms with Crippen LogP contribution in [-0.4, -0.2) is 42.7 Å². The summed E-state index contributed by atoms with van der Waals surface area (Å²) < 4.78 is 26.4. The fraction of sp³-hybridized carbons (Fsp3) is 0.520. The van der Waals surface area contributed by atoms with Gasteiger partial charge in [-0.2, -0.15) is 4.98 Å². The van der Waals surface area contributed by atoms with Crippen LogP contribution >= 0.6 is 0 Å². The molecule has 0 bridgehead atoms. The maximum absolute atomic E-state index is 14.4. The van der Waals surface area contributed by atoms with E-state index in [4.69, 9.17) is 11.5 Å². The maximum atomic E-state index is 14.4. The third-order valence-corrected chi connectivity index (χ3v) is 5.41. The number of pyridine rings is 1. The van der Waals surface area contributed by atoms with E-state index in [0.717, 1.165) is 24.2 Å². The minimum Gasteiger partial charge on any atom is -0.390 e. The Morgan fingerprint density at radius 2 is 1.80 bits per heavy atom. The zero-order valence-electron chi connectivity index (χ0n) is 21.3. The highest BCUT2D eigenvalue weighted by Gasteiger charge is 2.22. The number of nitrogens with zero attached hydrogens (tertiary/aromatic N) is 5. The number of aliphatic imine (C=N–C) groups is 1. The highest BCUT2D eigenvalue weighted by Crippen LogP contribution is 2.32. The summed E-state index contributed by atoms with van der Waals surface area (Å²) >= 11 is 0. The lowest BCUT2D eigenvalue weighted by molar-refractivity contribution is 0.0225. The predicted octanol–water partition coefficient (Wildman–Crippen LogP) is 5.58. The van der Waals surface area contributed by atoms with E-state index in [1.54, 1.807) is 19.1 Å². The van der Waals surface area contributed by atoms with Crippen LogP contribution in [0.15, 0.2) is 23.3 Å². The summed E-state index contributed by atoms with van der Waals surface area (Å²) in [6.07, 6.45) is 7.62. The normalized spacial score (nSPS) is 14.4. The monoisotopic (exact) mass is 489 g/mol. The molecule has 0 radical (unpaired) electrons. The first-order valence-electron chi connectivity index (χ1n) is 11.9. The van der Waals surface area contributed by atoms with E-state index in [1.165, 1.54) is 30.0 Å². The second kappa shape index (κ2) is 12.5. The molecule has 0 spiro atoms. The van der Waals surface area contributed by atoms with E-state index >= 15 is 0 Å². The lowest BCUT2D eigenvalue weighted by Crippen LogP contribution is -2.26. The number of nitrogen functional groups attached to an aromatic ring is 2. The van der Waals surface area contributed by atoms with Gasteiger partial charge < -0.3 is 16.6 Å². The SMILES string of the molecule is CC(C)=Nc1ccc(-c2c(F)cn3nc(N)nc(N)c23)nc1C.CC1(O)CCCCC1.CCCF. The molecule has 0 saturated heterocycles. The molecule has 192 valence electrons. The predicted molar refractivity (Wildman–Crippen MR) is 138 cm³/mol. The molecule has 0 aliphatic heterocycles. The molecule has 3 aromatic rings. The third-order valence-electron chi connectivity index (χ3n) is 5.41. The zero-order chi connectivity index (χ0) is 26.2. The molecule has 0 amide bonds. The van der Waals surface area contributed by atoms with E-state index in [2.05, 4.69) is 20.1 Å². The summed E-state index contributed by atoms with van der Waals surface area (Å²) in [6.45, 7) is 9.18. The summed E-state index contributed by atoms with van der Waals surface area (Å²) in [7, 11) is 0. The van der Waals surface area contributed by atoms with Gasteiger partial charge in [0.2, 0.25) is 5.95 Å². The second-order valence-electron chi connectivity index (χ2n) is 9.11. The van der Waals surface area contributed by atoms with Crippen LogP contribution in [0, 0.1) is 12.7 Å². The van der Waals surface area contributed by atoms with Crippen LogP contribution in [-0.2, 0) is 0 Å². The average Bonchev–Trinajstić information content (AvgIpc) is 3.11. The summed E-state index contributed by atoms with van der Waals surface area (Å²) in [6, 6.07) is 3.49. The zero-order valence-corrected chi connectivity index (χ0v) is 21.3. The van der Waals surface area contributed by atoms with Crippen molar-refractivity contribution in [2.24, 2.45) is 4.99 Å². The number of halogens is 2. The molecule has 1 saturated carbocycles. The first-order valence-corrected chi connectivity index (χ1v) is 11.9. The number of rotatable bonds is 3. The molecule has 0 atom stereocenters. The van der Waals surface area contributed by atoms with Crippen LogP contribution in [0.2, 0.25) is 0 Å². The van der Waals surface area contributed by atoms with E-state index < -0.39 is 5.82 Å². The molecule has 4 rings (SSSR count). The van der Waals surface area contributed by atoms with Crippen molar-refractivity contribution in [1.82, 2.24) is 19.6 Å². The molecule has 3 heterocycles. The van der Waals surface area contributed by atoms with Crippen LogP contribution in [0.25, 0.3) is 16.8 Å². The van der Waals surface area contributed by atoms with Crippen molar-refractivity contribution in [1.29, 1.82) is 0 Å². The van der Waals surface area contributed by atoms with Crippen LogP contribution in [0.1, 0.15) is 71.9 Å². The molecular formula is C25H37F2N7O. The van der Waals surface area contributed by atoms with Crippen molar-refractivity contribution < 1.29 is 13.9 Å². The Morgan fingerprint density at radius 3 is 2.29 bits per heavy atom. The Balaban J connectivity index is 0.000000297. The van der Waals surface area contributed by atoms with Crippen LogP contribution < -0.4 is 11.5 Å². The van der Waals surface area contributed by atoms with Gasteiger partial charge in [0.15, 0.2) is 11.6 Å². The van der Waals surface area contributed by atoms with Crippen LogP contribution in [0.3, 0.4) is 0 Å². The molecule has 1 aliphatic rings. The van der Waals surface area contributed by atoms with Gasteiger partial charge in [0.05, 0.1) is 41.1 Å². The van der Waals surface area contributed by atoms with Gasteiger partial charge >= 0.3 is 0 Å². The average molecular weight is 490 g/mol. The van der Waals surface area contributed by atoms with E-state index in [0.29, 0.717) is 23.3 Å². The van der Waals surface area contributed by atoms with Crippen molar-refractivity contribution in [2.45, 2.75) is 78.7 Å². The number of hydrogen-bond donors (Lipinski definition) is 3. The number of aromatic nitrogens is 4. The van der Waals surface area contributed by atoms with Gasteiger partial charge in [-0.3, -0.25) is 14.4 Å². The van der Waals surface area contributed by atoms with E-state index in [1.807, 2.05) is 27.7 Å². The summed E-state index contributed by atoms with van der Waals surface area (Å²) in [5, 5.41) is 13.3. The number of alkyl halides is 1. The highest BCUT2D eigenvalue weighted by molar-refractivity contribution is 5.87. The summed E-state index contributed by atoms with van der Waals surface area (Å²) in [5.74, 6) is -0.419. The Morgan fingerprint density at radius 1 is 1.17 bits per heavy atom. The van der Waals surface area contributed by atoms with Crippen LogP contribution in [0.5, 0.6) is 0 Å². The fourth-order valence-corrected chi connectivity index (χ4v) is 3.71. The summed E-state index contributed by atoms with van der Waals surface area (Å²) in [5.41, 5.74) is 14.5. The molecule has 10 heteroatoms. The number of aryl methyl sites for hydroxylation is 1. The van der Waals surface area contributed by atoms with Gasteiger partial charge in [-0.15, -0.1) is 5.10 Å². The van der Waals surface area contributed by atoms with Crippen molar-refractivity contribution in [3.63, 3.8) is 0 Å². The topological polar surface area (TPSA) is 128 Å². The lowest BCUT2D eigenvalue weighted by Gasteiger charge is -2.27. The van der Waals surface area contributed by atoms with E-state index in [-0.39, 0.29) is 29.6 Å². The number of anilines is 2. The Hall–Kier alpha value is -3.14. The molecule has 3 aromatic heterocycles. The van der Waals surface area contributed by atoms with Gasteiger partial charge in [-0.25, -0.2) is 8.91 Å². The second-order valence-corrected chi connectivity index (χ2v) is 9.11. The van der Waals surface area contributed by atoms with Crippen LogP contribution in [0.4, 0.5) is 26.2 Å². The van der Waals surface area contributed by atoms with Crippen molar-refractivity contribution in [2.75, 3.05) is 18.1 Å². The largest absolute Gasteiger partial charge is 0.390 e. The molecular weight excluding hydrogens is 452 g/mol. The van der Waals surface area contributed by atoms with Gasteiger partial charge in [-0.1, -0.05) is 26.2 Å². The van der Waals surface area contributed by atoms with Crippen molar-refractivity contribution >= 4 is 28.7 Å². The van der Waals surface area contributed by atoms with Gasteiger partial charge in [0.25, 0.3) is 0 Å². The smallest absolute Gasteiger partial charge is 0.240 e. The minimum atomic E-state index is -0.494. The molecule has 1 fully saturated rings. The van der Waals surface area contributed by atoms with Crippen molar-refractivity contribution in [3.05, 3.63) is 29.8 Å². The Labute approximate surface area is 205 Å². The van der Waals surface area contributed by atoms with Gasteiger partial charge in [0, 0.05) is 5.71 Å². The molecule has 0 aromatic carbocycles. The molecule has 8 nitrogen and oxygen atoms in total. The molecule has 35 heavy (non-hydrogen) atoms. The fourth-order valence-electron chi connectivity index (χ4n) is 3.71. The quantitative estimate of drug-likeness (QED) is 0.412. The molecule has 0 unspecified atom stereocenters. The number of nitrogens with two attached hydrogens (primary N) is 2. The summed E-state index contributed by atoms with van der Waals surface area (Å²) in [4.78, 5) is 12.7.